The number of hydrogen-bond acceptors (Lipinski definition) is 4. The number of rotatable bonds is 6. The number of hydrogen-bond donors (Lipinski definition) is 1. The predicted octanol–water partition coefficient (Wildman–Crippen LogP) is 5.15. The molecule has 0 aliphatic carbocycles. The minimum absolute atomic E-state index is 0.0369. The van der Waals surface area contributed by atoms with Crippen molar-refractivity contribution in [2.75, 3.05) is 6.54 Å². The van der Waals surface area contributed by atoms with E-state index in [2.05, 4.69) is 27.8 Å². The van der Waals surface area contributed by atoms with Crippen LogP contribution in [0, 0.1) is 0 Å². The molecule has 0 unspecified atom stereocenters. The van der Waals surface area contributed by atoms with E-state index in [1.54, 1.807) is 12.1 Å². The fraction of sp³-hybridized carbons (Fsp3) is 0.0952. The first kappa shape index (κ1) is 22.5. The SMILES string of the molecule is C=CCN1C(=O)/C(=C/c2cc(Cl)c(OCc3ccc(Br)cc3)c(Cl)c2)C(=O)NC1=S. The van der Waals surface area contributed by atoms with Crippen molar-refractivity contribution < 1.29 is 14.3 Å². The van der Waals surface area contributed by atoms with Crippen molar-refractivity contribution in [2.24, 2.45) is 0 Å². The lowest BCUT2D eigenvalue weighted by Gasteiger charge is -2.27. The standard InChI is InChI=1S/C21H15BrCl2N2O3S/c1-2-7-26-20(28)15(19(27)25-21(26)30)8-13-9-16(23)18(17(24)10-13)29-11-12-3-5-14(22)6-4-12/h2-6,8-10H,1,7,11H2,(H,25,27,30)/b15-8+. The summed E-state index contributed by atoms with van der Waals surface area (Å²) in [7, 11) is 0. The third-order valence-corrected chi connectivity index (χ3v) is 5.54. The fourth-order valence-electron chi connectivity index (χ4n) is 2.69. The van der Waals surface area contributed by atoms with Crippen molar-refractivity contribution in [1.29, 1.82) is 0 Å². The molecule has 2 amide bonds. The van der Waals surface area contributed by atoms with Gasteiger partial charge in [0, 0.05) is 11.0 Å². The van der Waals surface area contributed by atoms with Crippen LogP contribution in [0.25, 0.3) is 6.08 Å². The van der Waals surface area contributed by atoms with Crippen molar-refractivity contribution in [3.8, 4) is 5.75 Å². The van der Waals surface area contributed by atoms with Gasteiger partial charge >= 0.3 is 0 Å². The van der Waals surface area contributed by atoms with Crippen LogP contribution in [0.1, 0.15) is 11.1 Å². The molecule has 0 spiro atoms. The molecule has 3 rings (SSSR count). The molecular weight excluding hydrogens is 511 g/mol. The molecule has 2 aromatic carbocycles. The number of halogens is 3. The molecule has 0 aromatic heterocycles. The maximum absolute atomic E-state index is 12.6. The first-order valence-electron chi connectivity index (χ1n) is 8.66. The molecule has 2 aromatic rings. The number of amides is 2. The number of carbonyl (C=O) groups is 2. The van der Waals surface area contributed by atoms with Gasteiger partial charge in [-0.1, -0.05) is 57.3 Å². The summed E-state index contributed by atoms with van der Waals surface area (Å²) in [6.07, 6.45) is 2.93. The number of nitrogens with one attached hydrogen (secondary N) is 1. The van der Waals surface area contributed by atoms with Gasteiger partial charge in [-0.3, -0.25) is 19.8 Å². The van der Waals surface area contributed by atoms with Gasteiger partial charge in [-0.25, -0.2) is 0 Å². The van der Waals surface area contributed by atoms with Crippen LogP contribution in [0.2, 0.25) is 10.0 Å². The zero-order valence-corrected chi connectivity index (χ0v) is 19.4. The fourth-order valence-corrected chi connectivity index (χ4v) is 3.82. The van der Waals surface area contributed by atoms with Gasteiger partial charge < -0.3 is 4.74 Å². The molecule has 1 aliphatic rings. The number of nitrogens with zero attached hydrogens (tertiary/aromatic N) is 1. The molecule has 1 fully saturated rings. The largest absolute Gasteiger partial charge is 0.486 e. The van der Waals surface area contributed by atoms with E-state index in [-0.39, 0.29) is 33.9 Å². The minimum Gasteiger partial charge on any atom is -0.486 e. The second-order valence-corrected chi connectivity index (χ2v) is 8.37. The van der Waals surface area contributed by atoms with E-state index in [1.807, 2.05) is 24.3 Å². The Morgan fingerprint density at radius 2 is 1.80 bits per heavy atom. The molecule has 1 saturated heterocycles. The van der Waals surface area contributed by atoms with Crippen LogP contribution in [0.4, 0.5) is 0 Å². The molecule has 30 heavy (non-hydrogen) atoms. The van der Waals surface area contributed by atoms with E-state index in [0.717, 1.165) is 10.0 Å². The zero-order chi connectivity index (χ0) is 21.8. The predicted molar refractivity (Wildman–Crippen MR) is 126 cm³/mol. The highest BCUT2D eigenvalue weighted by molar-refractivity contribution is 9.10. The summed E-state index contributed by atoms with van der Waals surface area (Å²) in [6, 6.07) is 10.8. The Hall–Kier alpha value is -2.19. The Kier molecular flexibility index (Phi) is 7.31. The van der Waals surface area contributed by atoms with Gasteiger partial charge in [0.1, 0.15) is 12.2 Å². The average molecular weight is 526 g/mol. The summed E-state index contributed by atoms with van der Waals surface area (Å²) in [5.41, 5.74) is 1.34. The first-order chi connectivity index (χ1) is 14.3. The highest BCUT2D eigenvalue weighted by Gasteiger charge is 2.32. The molecule has 9 heteroatoms. The van der Waals surface area contributed by atoms with Gasteiger partial charge in [-0.15, -0.1) is 6.58 Å². The van der Waals surface area contributed by atoms with Crippen LogP contribution >= 0.6 is 51.3 Å². The second-order valence-electron chi connectivity index (χ2n) is 6.25. The van der Waals surface area contributed by atoms with Gasteiger partial charge in [-0.2, -0.15) is 0 Å². The van der Waals surface area contributed by atoms with Crippen LogP contribution < -0.4 is 10.1 Å². The molecule has 0 atom stereocenters. The monoisotopic (exact) mass is 524 g/mol. The third kappa shape index (κ3) is 5.10. The quantitative estimate of drug-likeness (QED) is 0.245. The maximum Gasteiger partial charge on any atom is 0.265 e. The second kappa shape index (κ2) is 9.75. The minimum atomic E-state index is -0.590. The van der Waals surface area contributed by atoms with Crippen LogP contribution in [0.5, 0.6) is 5.75 Å². The highest BCUT2D eigenvalue weighted by atomic mass is 79.9. The van der Waals surface area contributed by atoms with E-state index >= 15 is 0 Å². The molecule has 1 aliphatic heterocycles. The van der Waals surface area contributed by atoms with E-state index in [4.69, 9.17) is 40.2 Å². The van der Waals surface area contributed by atoms with Gasteiger partial charge in [-0.05, 0) is 53.7 Å². The summed E-state index contributed by atoms with van der Waals surface area (Å²) < 4.78 is 6.73. The Labute approximate surface area is 197 Å². The Morgan fingerprint density at radius 3 is 2.40 bits per heavy atom. The maximum atomic E-state index is 12.6. The summed E-state index contributed by atoms with van der Waals surface area (Å²) in [6.45, 7) is 4.05. The Bertz CT molecular complexity index is 1050. The van der Waals surface area contributed by atoms with Crippen molar-refractivity contribution in [2.45, 2.75) is 6.61 Å². The number of carbonyl (C=O) groups excluding carboxylic acids is 2. The van der Waals surface area contributed by atoms with Gasteiger partial charge in [0.05, 0.1) is 10.0 Å². The van der Waals surface area contributed by atoms with E-state index in [1.165, 1.54) is 17.1 Å². The zero-order valence-electron chi connectivity index (χ0n) is 15.5. The Balaban J connectivity index is 1.84. The summed E-state index contributed by atoms with van der Waals surface area (Å²) in [4.78, 5) is 26.1. The topological polar surface area (TPSA) is 58.6 Å². The van der Waals surface area contributed by atoms with Crippen molar-refractivity contribution >= 4 is 74.4 Å². The van der Waals surface area contributed by atoms with Gasteiger partial charge in [0.25, 0.3) is 11.8 Å². The molecular formula is C21H15BrCl2N2O3S. The van der Waals surface area contributed by atoms with Gasteiger partial charge in [0.2, 0.25) is 0 Å². The summed E-state index contributed by atoms with van der Waals surface area (Å²) in [5.74, 6) is -0.795. The lowest BCUT2D eigenvalue weighted by molar-refractivity contribution is -0.128. The highest BCUT2D eigenvalue weighted by Crippen LogP contribution is 2.35. The molecule has 0 radical (unpaired) electrons. The molecule has 0 bridgehead atoms. The van der Waals surface area contributed by atoms with Crippen LogP contribution in [-0.2, 0) is 16.2 Å². The Morgan fingerprint density at radius 1 is 1.17 bits per heavy atom. The normalized spacial score (nSPS) is 15.4. The summed E-state index contributed by atoms with van der Waals surface area (Å²) >= 11 is 21.1. The molecule has 154 valence electrons. The van der Waals surface area contributed by atoms with E-state index in [9.17, 15) is 9.59 Å². The molecule has 0 saturated carbocycles. The summed E-state index contributed by atoms with van der Waals surface area (Å²) in [5, 5.41) is 3.04. The smallest absolute Gasteiger partial charge is 0.265 e. The number of benzene rings is 2. The lowest BCUT2D eigenvalue weighted by atomic mass is 10.1. The molecule has 5 nitrogen and oxygen atoms in total. The third-order valence-electron chi connectivity index (χ3n) is 4.13. The van der Waals surface area contributed by atoms with Crippen LogP contribution in [-0.4, -0.2) is 28.4 Å². The van der Waals surface area contributed by atoms with Crippen LogP contribution in [0.3, 0.4) is 0 Å². The van der Waals surface area contributed by atoms with Crippen molar-refractivity contribution in [3.63, 3.8) is 0 Å². The van der Waals surface area contributed by atoms with E-state index in [0.29, 0.717) is 11.3 Å². The van der Waals surface area contributed by atoms with Crippen molar-refractivity contribution in [3.05, 3.63) is 80.3 Å². The average Bonchev–Trinajstić information content (AvgIpc) is 2.69. The van der Waals surface area contributed by atoms with Crippen molar-refractivity contribution in [1.82, 2.24) is 10.2 Å². The molecule has 1 N–H and O–H groups in total. The van der Waals surface area contributed by atoms with E-state index < -0.39 is 11.8 Å². The molecule has 1 heterocycles. The number of thiocarbonyl (C=S) groups is 1. The van der Waals surface area contributed by atoms with Gasteiger partial charge in [0.15, 0.2) is 10.9 Å². The first-order valence-corrected chi connectivity index (χ1v) is 10.6. The van der Waals surface area contributed by atoms with Crippen LogP contribution in [0.15, 0.2) is 59.1 Å². The lowest BCUT2D eigenvalue weighted by Crippen LogP contribution is -2.53. The number of ether oxygens (including phenoxy) is 1.